The summed E-state index contributed by atoms with van der Waals surface area (Å²) in [6, 6.07) is 7.76. The van der Waals surface area contributed by atoms with Crippen molar-refractivity contribution in [3.05, 3.63) is 34.9 Å². The molecular formula is C17H24ClN3O. The molecule has 0 aromatic heterocycles. The molecule has 5 heteroatoms. The van der Waals surface area contributed by atoms with Crippen LogP contribution in [0.2, 0.25) is 5.02 Å². The van der Waals surface area contributed by atoms with E-state index in [9.17, 15) is 4.79 Å². The van der Waals surface area contributed by atoms with E-state index in [1.54, 1.807) is 0 Å². The number of halogens is 1. The maximum atomic E-state index is 12.4. The molecule has 1 unspecified atom stereocenters. The predicted octanol–water partition coefficient (Wildman–Crippen LogP) is 1.98. The summed E-state index contributed by atoms with van der Waals surface area (Å²) in [7, 11) is 0. The van der Waals surface area contributed by atoms with Crippen LogP contribution in [0.3, 0.4) is 0 Å². The van der Waals surface area contributed by atoms with Gasteiger partial charge in [-0.2, -0.15) is 0 Å². The highest BCUT2D eigenvalue weighted by Gasteiger charge is 2.33. The zero-order chi connectivity index (χ0) is 15.6. The number of carbonyl (C=O) groups is 1. The second-order valence-electron chi connectivity index (χ2n) is 6.89. The Morgan fingerprint density at radius 3 is 2.91 bits per heavy atom. The average Bonchev–Trinajstić information content (AvgIpc) is 2.88. The van der Waals surface area contributed by atoms with Gasteiger partial charge in [0.1, 0.15) is 0 Å². The van der Waals surface area contributed by atoms with Crippen molar-refractivity contribution in [2.24, 2.45) is 5.41 Å². The minimum Gasteiger partial charge on any atom is -0.336 e. The van der Waals surface area contributed by atoms with Crippen molar-refractivity contribution in [3.63, 3.8) is 0 Å². The highest BCUT2D eigenvalue weighted by Crippen LogP contribution is 2.26. The molecule has 0 radical (unpaired) electrons. The fourth-order valence-corrected chi connectivity index (χ4v) is 3.67. The lowest BCUT2D eigenvalue weighted by molar-refractivity contribution is -0.137. The molecule has 2 fully saturated rings. The van der Waals surface area contributed by atoms with Crippen LogP contribution in [0.25, 0.3) is 0 Å². The van der Waals surface area contributed by atoms with Crippen LogP contribution in [-0.2, 0) is 11.3 Å². The Kier molecular flexibility index (Phi) is 4.71. The molecule has 2 aliphatic rings. The molecule has 1 atom stereocenters. The number of hydrogen-bond donors (Lipinski definition) is 1. The summed E-state index contributed by atoms with van der Waals surface area (Å²) in [5, 5.41) is 4.15. The Morgan fingerprint density at radius 1 is 1.36 bits per heavy atom. The first-order valence-corrected chi connectivity index (χ1v) is 8.37. The molecule has 3 rings (SSSR count). The standard InChI is InChI=1S/C17H24ClN3O/c1-17(5-6-19-12-17)13-20-7-8-21(16(22)11-20)10-14-3-2-4-15(18)9-14/h2-4,9,19H,5-8,10-13H2,1H3. The molecule has 2 heterocycles. The van der Waals surface area contributed by atoms with E-state index < -0.39 is 0 Å². The summed E-state index contributed by atoms with van der Waals surface area (Å²) in [5.74, 6) is 0.223. The first kappa shape index (κ1) is 15.8. The Hall–Kier alpha value is -1.10. The van der Waals surface area contributed by atoms with Gasteiger partial charge in [-0.05, 0) is 36.1 Å². The Balaban J connectivity index is 1.55. The van der Waals surface area contributed by atoms with E-state index in [-0.39, 0.29) is 5.91 Å². The Bertz CT molecular complexity index is 542. The first-order chi connectivity index (χ1) is 10.5. The fraction of sp³-hybridized carbons (Fsp3) is 0.588. The predicted molar refractivity (Wildman–Crippen MR) is 88.9 cm³/mol. The third-order valence-corrected chi connectivity index (χ3v) is 4.96. The van der Waals surface area contributed by atoms with Gasteiger partial charge in [-0.15, -0.1) is 0 Å². The summed E-state index contributed by atoms with van der Waals surface area (Å²) in [6.45, 7) is 8.44. The van der Waals surface area contributed by atoms with Crippen molar-refractivity contribution in [2.45, 2.75) is 19.9 Å². The minimum atomic E-state index is 0.223. The molecule has 1 aromatic carbocycles. The summed E-state index contributed by atoms with van der Waals surface area (Å²) < 4.78 is 0. The largest absolute Gasteiger partial charge is 0.336 e. The van der Waals surface area contributed by atoms with Crippen LogP contribution in [-0.4, -0.2) is 55.0 Å². The van der Waals surface area contributed by atoms with Gasteiger partial charge in [0.2, 0.25) is 5.91 Å². The zero-order valence-electron chi connectivity index (χ0n) is 13.1. The molecule has 4 nitrogen and oxygen atoms in total. The number of nitrogens with one attached hydrogen (secondary N) is 1. The molecule has 1 aromatic rings. The van der Waals surface area contributed by atoms with Crippen LogP contribution in [0.15, 0.2) is 24.3 Å². The molecular weight excluding hydrogens is 298 g/mol. The zero-order valence-corrected chi connectivity index (χ0v) is 13.9. The average molecular weight is 322 g/mol. The summed E-state index contributed by atoms with van der Waals surface area (Å²) in [6.07, 6.45) is 1.20. The smallest absolute Gasteiger partial charge is 0.237 e. The lowest BCUT2D eigenvalue weighted by Gasteiger charge is -2.38. The molecule has 0 saturated carbocycles. The number of piperazine rings is 1. The Labute approximate surface area is 137 Å². The van der Waals surface area contributed by atoms with Crippen LogP contribution in [0, 0.1) is 5.41 Å². The maximum Gasteiger partial charge on any atom is 0.237 e. The number of nitrogens with zero attached hydrogens (tertiary/aromatic N) is 2. The number of hydrogen-bond acceptors (Lipinski definition) is 3. The molecule has 0 spiro atoms. The van der Waals surface area contributed by atoms with Gasteiger partial charge in [0, 0.05) is 37.7 Å². The van der Waals surface area contributed by atoms with E-state index in [1.807, 2.05) is 29.2 Å². The van der Waals surface area contributed by atoms with Crippen LogP contribution < -0.4 is 5.32 Å². The van der Waals surface area contributed by atoms with Crippen molar-refractivity contribution in [1.29, 1.82) is 0 Å². The fourth-order valence-electron chi connectivity index (χ4n) is 3.46. The van der Waals surface area contributed by atoms with Crippen LogP contribution in [0.4, 0.5) is 0 Å². The third kappa shape index (κ3) is 3.80. The maximum absolute atomic E-state index is 12.4. The van der Waals surface area contributed by atoms with Crippen molar-refractivity contribution < 1.29 is 4.79 Å². The second kappa shape index (κ2) is 6.57. The SMILES string of the molecule is CC1(CN2CCN(Cc3cccc(Cl)c3)C(=O)C2)CCNC1. The minimum absolute atomic E-state index is 0.223. The van der Waals surface area contributed by atoms with Crippen LogP contribution >= 0.6 is 11.6 Å². The van der Waals surface area contributed by atoms with Crippen molar-refractivity contribution >= 4 is 17.5 Å². The molecule has 2 aliphatic heterocycles. The van der Waals surface area contributed by atoms with E-state index in [2.05, 4.69) is 17.1 Å². The molecule has 1 amide bonds. The summed E-state index contributed by atoms with van der Waals surface area (Å²) in [5.41, 5.74) is 1.41. The number of amides is 1. The van der Waals surface area contributed by atoms with Gasteiger partial charge < -0.3 is 10.2 Å². The molecule has 22 heavy (non-hydrogen) atoms. The van der Waals surface area contributed by atoms with Gasteiger partial charge >= 0.3 is 0 Å². The number of carbonyl (C=O) groups excluding carboxylic acids is 1. The molecule has 0 aliphatic carbocycles. The monoisotopic (exact) mass is 321 g/mol. The van der Waals surface area contributed by atoms with Crippen LogP contribution in [0.5, 0.6) is 0 Å². The van der Waals surface area contributed by atoms with Crippen LogP contribution in [0.1, 0.15) is 18.9 Å². The molecule has 0 bridgehead atoms. The highest BCUT2D eigenvalue weighted by atomic mass is 35.5. The lowest BCUT2D eigenvalue weighted by Crippen LogP contribution is -2.52. The van der Waals surface area contributed by atoms with Gasteiger partial charge in [0.25, 0.3) is 0 Å². The van der Waals surface area contributed by atoms with Crippen molar-refractivity contribution in [2.75, 3.05) is 39.3 Å². The molecule has 120 valence electrons. The normalized spacial score (nSPS) is 26.6. The van der Waals surface area contributed by atoms with E-state index in [0.717, 1.165) is 43.3 Å². The summed E-state index contributed by atoms with van der Waals surface area (Å²) in [4.78, 5) is 16.7. The van der Waals surface area contributed by atoms with Gasteiger partial charge in [-0.1, -0.05) is 30.7 Å². The van der Waals surface area contributed by atoms with Gasteiger partial charge in [-0.25, -0.2) is 0 Å². The van der Waals surface area contributed by atoms with E-state index >= 15 is 0 Å². The summed E-state index contributed by atoms with van der Waals surface area (Å²) >= 11 is 6.01. The lowest BCUT2D eigenvalue weighted by atomic mass is 9.89. The van der Waals surface area contributed by atoms with E-state index in [4.69, 9.17) is 11.6 Å². The molecule has 2 saturated heterocycles. The van der Waals surface area contributed by atoms with E-state index in [0.29, 0.717) is 18.5 Å². The number of benzene rings is 1. The second-order valence-corrected chi connectivity index (χ2v) is 7.33. The van der Waals surface area contributed by atoms with Crippen molar-refractivity contribution in [1.82, 2.24) is 15.1 Å². The van der Waals surface area contributed by atoms with E-state index in [1.165, 1.54) is 6.42 Å². The third-order valence-electron chi connectivity index (χ3n) is 4.72. The van der Waals surface area contributed by atoms with Gasteiger partial charge in [0.05, 0.1) is 6.54 Å². The van der Waals surface area contributed by atoms with Crippen molar-refractivity contribution in [3.8, 4) is 0 Å². The quantitative estimate of drug-likeness (QED) is 0.921. The van der Waals surface area contributed by atoms with Gasteiger partial charge in [0.15, 0.2) is 0 Å². The highest BCUT2D eigenvalue weighted by molar-refractivity contribution is 6.30. The molecule has 1 N–H and O–H groups in total. The number of rotatable bonds is 4. The topological polar surface area (TPSA) is 35.6 Å². The Morgan fingerprint density at radius 2 is 2.23 bits per heavy atom. The van der Waals surface area contributed by atoms with Gasteiger partial charge in [-0.3, -0.25) is 9.69 Å². The first-order valence-electron chi connectivity index (χ1n) is 7.99.